The Balaban J connectivity index is 2.29. The summed E-state index contributed by atoms with van der Waals surface area (Å²) in [7, 11) is 0. The second-order valence-electron chi connectivity index (χ2n) is 3.20. The molecule has 0 N–H and O–H groups in total. The molecular formula is C12H9ClOS. The molecule has 0 radical (unpaired) electrons. The Bertz CT molecular complexity index is 476. The molecule has 1 nitrogen and oxygen atoms in total. The molecule has 0 aliphatic rings. The van der Waals surface area contributed by atoms with Gasteiger partial charge in [0, 0.05) is 11.4 Å². The molecule has 0 amide bonds. The van der Waals surface area contributed by atoms with Crippen molar-refractivity contribution in [3.63, 3.8) is 0 Å². The molecule has 0 atom stereocenters. The number of benzene rings is 1. The second-order valence-corrected chi connectivity index (χ2v) is 4.55. The van der Waals surface area contributed by atoms with Crippen LogP contribution in [0.15, 0.2) is 35.7 Å². The fourth-order valence-electron chi connectivity index (χ4n) is 1.44. The van der Waals surface area contributed by atoms with Gasteiger partial charge in [-0.1, -0.05) is 29.8 Å². The quantitative estimate of drug-likeness (QED) is 0.741. The maximum absolute atomic E-state index is 10.7. The first-order valence-electron chi connectivity index (χ1n) is 4.56. The topological polar surface area (TPSA) is 17.1 Å². The number of rotatable bonds is 3. The third-order valence-electron chi connectivity index (χ3n) is 2.23. The van der Waals surface area contributed by atoms with Gasteiger partial charge in [-0.25, -0.2) is 0 Å². The van der Waals surface area contributed by atoms with Crippen molar-refractivity contribution < 1.29 is 4.79 Å². The summed E-state index contributed by atoms with van der Waals surface area (Å²) in [6.45, 7) is 0. The highest BCUT2D eigenvalue weighted by Crippen LogP contribution is 2.22. The SMILES string of the molecule is O=Cc1sccc1Cc1ccccc1Cl. The van der Waals surface area contributed by atoms with Crippen LogP contribution in [0.25, 0.3) is 0 Å². The van der Waals surface area contributed by atoms with Crippen molar-refractivity contribution in [2.45, 2.75) is 6.42 Å². The molecular weight excluding hydrogens is 228 g/mol. The fraction of sp³-hybridized carbons (Fsp3) is 0.0833. The average Bonchev–Trinajstić information content (AvgIpc) is 2.69. The molecule has 0 bridgehead atoms. The van der Waals surface area contributed by atoms with Gasteiger partial charge in [-0.15, -0.1) is 11.3 Å². The number of carbonyl (C=O) groups is 1. The normalized spacial score (nSPS) is 10.2. The molecule has 2 rings (SSSR count). The maximum Gasteiger partial charge on any atom is 0.160 e. The van der Waals surface area contributed by atoms with E-state index in [2.05, 4.69) is 0 Å². The maximum atomic E-state index is 10.7. The van der Waals surface area contributed by atoms with E-state index in [9.17, 15) is 4.79 Å². The first kappa shape index (κ1) is 10.4. The number of halogens is 1. The second kappa shape index (κ2) is 4.60. The minimum Gasteiger partial charge on any atom is -0.297 e. The van der Waals surface area contributed by atoms with Gasteiger partial charge in [0.25, 0.3) is 0 Å². The molecule has 0 unspecified atom stereocenters. The molecule has 0 spiro atoms. The minimum absolute atomic E-state index is 0.719. The summed E-state index contributed by atoms with van der Waals surface area (Å²) in [5.74, 6) is 0. The smallest absolute Gasteiger partial charge is 0.160 e. The Morgan fingerprint density at radius 2 is 2.00 bits per heavy atom. The average molecular weight is 237 g/mol. The van der Waals surface area contributed by atoms with Gasteiger partial charge in [-0.2, -0.15) is 0 Å². The Morgan fingerprint density at radius 3 is 2.73 bits per heavy atom. The molecule has 1 aromatic heterocycles. The molecule has 15 heavy (non-hydrogen) atoms. The summed E-state index contributed by atoms with van der Waals surface area (Å²) >= 11 is 7.52. The number of aldehydes is 1. The van der Waals surface area contributed by atoms with Crippen LogP contribution in [0.1, 0.15) is 20.8 Å². The van der Waals surface area contributed by atoms with E-state index < -0.39 is 0 Å². The van der Waals surface area contributed by atoms with Crippen molar-refractivity contribution in [2.75, 3.05) is 0 Å². The standard InChI is InChI=1S/C12H9ClOS/c13-11-4-2-1-3-9(11)7-10-5-6-15-12(10)8-14/h1-6,8H,7H2. The highest BCUT2D eigenvalue weighted by atomic mass is 35.5. The number of hydrogen-bond donors (Lipinski definition) is 0. The van der Waals surface area contributed by atoms with Gasteiger partial charge in [0.05, 0.1) is 4.88 Å². The van der Waals surface area contributed by atoms with Gasteiger partial charge >= 0.3 is 0 Å². The van der Waals surface area contributed by atoms with E-state index in [0.29, 0.717) is 0 Å². The summed E-state index contributed by atoms with van der Waals surface area (Å²) in [4.78, 5) is 11.5. The molecule has 3 heteroatoms. The highest BCUT2D eigenvalue weighted by Gasteiger charge is 2.06. The number of hydrogen-bond acceptors (Lipinski definition) is 2. The van der Waals surface area contributed by atoms with E-state index in [4.69, 9.17) is 11.6 Å². The zero-order chi connectivity index (χ0) is 10.7. The lowest BCUT2D eigenvalue weighted by Crippen LogP contribution is -1.90. The third kappa shape index (κ3) is 2.28. The molecule has 0 fully saturated rings. The lowest BCUT2D eigenvalue weighted by atomic mass is 10.1. The summed E-state index contributed by atoms with van der Waals surface area (Å²) in [5, 5.41) is 2.68. The Morgan fingerprint density at radius 1 is 1.20 bits per heavy atom. The van der Waals surface area contributed by atoms with E-state index in [1.807, 2.05) is 35.7 Å². The van der Waals surface area contributed by atoms with Crippen LogP contribution in [0.4, 0.5) is 0 Å². The molecule has 0 saturated heterocycles. The Labute approximate surface area is 97.3 Å². The summed E-state index contributed by atoms with van der Waals surface area (Å²) in [6.07, 6.45) is 1.62. The molecule has 0 aliphatic heterocycles. The van der Waals surface area contributed by atoms with E-state index in [1.54, 1.807) is 0 Å². The first-order chi connectivity index (χ1) is 7.31. The van der Waals surface area contributed by atoms with Crippen LogP contribution in [0.5, 0.6) is 0 Å². The van der Waals surface area contributed by atoms with E-state index in [0.717, 1.165) is 33.7 Å². The van der Waals surface area contributed by atoms with Crippen molar-refractivity contribution in [1.29, 1.82) is 0 Å². The molecule has 2 aromatic rings. The number of carbonyl (C=O) groups excluding carboxylic acids is 1. The van der Waals surface area contributed by atoms with Crippen molar-refractivity contribution in [3.05, 3.63) is 56.7 Å². The summed E-state index contributed by atoms with van der Waals surface area (Å²) in [6, 6.07) is 9.67. The molecule has 0 aliphatic carbocycles. The third-order valence-corrected chi connectivity index (χ3v) is 3.48. The molecule has 1 heterocycles. The van der Waals surface area contributed by atoms with Crippen LogP contribution < -0.4 is 0 Å². The van der Waals surface area contributed by atoms with Crippen LogP contribution in [-0.2, 0) is 6.42 Å². The van der Waals surface area contributed by atoms with Crippen LogP contribution in [0.3, 0.4) is 0 Å². The van der Waals surface area contributed by atoms with Crippen LogP contribution >= 0.6 is 22.9 Å². The van der Waals surface area contributed by atoms with Crippen molar-refractivity contribution >= 4 is 29.2 Å². The van der Waals surface area contributed by atoms with Gasteiger partial charge in [0.15, 0.2) is 6.29 Å². The Hall–Kier alpha value is -1.12. The lowest BCUT2D eigenvalue weighted by Gasteiger charge is -2.02. The zero-order valence-corrected chi connectivity index (χ0v) is 9.52. The van der Waals surface area contributed by atoms with Gasteiger partial charge in [-0.3, -0.25) is 4.79 Å². The van der Waals surface area contributed by atoms with E-state index in [-0.39, 0.29) is 0 Å². The lowest BCUT2D eigenvalue weighted by molar-refractivity contribution is 0.112. The predicted octanol–water partition coefficient (Wildman–Crippen LogP) is 3.80. The van der Waals surface area contributed by atoms with E-state index >= 15 is 0 Å². The monoisotopic (exact) mass is 236 g/mol. The van der Waals surface area contributed by atoms with Gasteiger partial charge in [0.1, 0.15) is 0 Å². The largest absolute Gasteiger partial charge is 0.297 e. The van der Waals surface area contributed by atoms with Crippen molar-refractivity contribution in [1.82, 2.24) is 0 Å². The van der Waals surface area contributed by atoms with Gasteiger partial charge in [-0.05, 0) is 28.6 Å². The molecule has 76 valence electrons. The molecule has 0 saturated carbocycles. The van der Waals surface area contributed by atoms with Crippen LogP contribution in [0, 0.1) is 0 Å². The van der Waals surface area contributed by atoms with E-state index in [1.165, 1.54) is 11.3 Å². The minimum atomic E-state index is 0.719. The highest BCUT2D eigenvalue weighted by molar-refractivity contribution is 7.11. The summed E-state index contributed by atoms with van der Waals surface area (Å²) in [5.41, 5.74) is 2.10. The molecule has 1 aromatic carbocycles. The van der Waals surface area contributed by atoms with Gasteiger partial charge < -0.3 is 0 Å². The first-order valence-corrected chi connectivity index (χ1v) is 5.82. The van der Waals surface area contributed by atoms with Crippen molar-refractivity contribution in [2.24, 2.45) is 0 Å². The zero-order valence-electron chi connectivity index (χ0n) is 7.94. The van der Waals surface area contributed by atoms with Gasteiger partial charge in [0.2, 0.25) is 0 Å². The fourth-order valence-corrected chi connectivity index (χ4v) is 2.37. The van der Waals surface area contributed by atoms with Crippen LogP contribution in [0.2, 0.25) is 5.02 Å². The van der Waals surface area contributed by atoms with Crippen molar-refractivity contribution in [3.8, 4) is 0 Å². The predicted molar refractivity (Wildman–Crippen MR) is 64.0 cm³/mol. The summed E-state index contributed by atoms with van der Waals surface area (Å²) < 4.78 is 0. The number of thiophene rings is 1. The van der Waals surface area contributed by atoms with Crippen LogP contribution in [-0.4, -0.2) is 6.29 Å². The Kier molecular flexibility index (Phi) is 3.19.